The first-order valence-corrected chi connectivity index (χ1v) is 9.96. The summed E-state index contributed by atoms with van der Waals surface area (Å²) in [5.41, 5.74) is 2.43. The molecule has 3 rings (SSSR count). The third-order valence-corrected chi connectivity index (χ3v) is 4.98. The Balaban J connectivity index is 1.95. The number of fused-ring (bicyclic) bond motifs is 1. The lowest BCUT2D eigenvalue weighted by Gasteiger charge is -2.13. The molecule has 2 aromatic carbocycles. The predicted molar refractivity (Wildman–Crippen MR) is 109 cm³/mol. The molecular weight excluding hydrogens is 360 g/mol. The van der Waals surface area contributed by atoms with Gasteiger partial charge in [0.25, 0.3) is 5.56 Å². The fraction of sp³-hybridized carbons (Fsp3) is 0.286. The number of para-hydroxylation sites is 1. The van der Waals surface area contributed by atoms with Crippen LogP contribution in [0.2, 0.25) is 0 Å². The Bertz CT molecular complexity index is 996. The maximum Gasteiger partial charge on any atom is 0.306 e. The zero-order chi connectivity index (χ0) is 19.2. The van der Waals surface area contributed by atoms with Gasteiger partial charge in [-0.15, -0.1) is 0 Å². The van der Waals surface area contributed by atoms with Crippen LogP contribution in [0, 0.1) is 6.92 Å². The van der Waals surface area contributed by atoms with E-state index in [1.807, 2.05) is 56.3 Å². The molecule has 0 aliphatic carbocycles. The van der Waals surface area contributed by atoms with E-state index < -0.39 is 0 Å². The third kappa shape index (κ3) is 4.57. The van der Waals surface area contributed by atoms with E-state index in [9.17, 15) is 9.59 Å². The second kappa shape index (κ2) is 8.86. The third-order valence-electron chi connectivity index (χ3n) is 4.04. The van der Waals surface area contributed by atoms with Crippen molar-refractivity contribution in [2.24, 2.45) is 0 Å². The van der Waals surface area contributed by atoms with Crippen LogP contribution in [0.15, 0.2) is 58.5 Å². The monoisotopic (exact) mass is 382 g/mol. The highest BCUT2D eigenvalue weighted by molar-refractivity contribution is 7.99. The molecule has 0 radical (unpaired) electrons. The van der Waals surface area contributed by atoms with Gasteiger partial charge in [0, 0.05) is 5.75 Å². The van der Waals surface area contributed by atoms with Crippen molar-refractivity contribution in [1.29, 1.82) is 0 Å². The number of rotatable bonds is 7. The van der Waals surface area contributed by atoms with E-state index >= 15 is 0 Å². The van der Waals surface area contributed by atoms with Gasteiger partial charge in [-0.3, -0.25) is 14.2 Å². The van der Waals surface area contributed by atoms with Gasteiger partial charge in [0.05, 0.1) is 29.6 Å². The fourth-order valence-corrected chi connectivity index (χ4v) is 3.58. The number of aryl methyl sites for hydroxylation is 1. The molecule has 0 unspecified atom stereocenters. The number of thioether (sulfide) groups is 1. The molecular formula is C21H22N2O3S. The topological polar surface area (TPSA) is 61.2 Å². The summed E-state index contributed by atoms with van der Waals surface area (Å²) in [7, 11) is 0. The number of carbonyl (C=O) groups is 1. The summed E-state index contributed by atoms with van der Waals surface area (Å²) < 4.78 is 6.72. The average molecular weight is 382 g/mol. The molecule has 0 aliphatic rings. The number of nitrogens with zero attached hydrogens (tertiary/aromatic N) is 2. The van der Waals surface area contributed by atoms with E-state index in [1.165, 1.54) is 11.8 Å². The van der Waals surface area contributed by atoms with E-state index in [0.29, 0.717) is 28.4 Å². The van der Waals surface area contributed by atoms with Gasteiger partial charge < -0.3 is 4.74 Å². The lowest BCUT2D eigenvalue weighted by Crippen LogP contribution is -2.22. The van der Waals surface area contributed by atoms with E-state index in [4.69, 9.17) is 4.74 Å². The molecule has 27 heavy (non-hydrogen) atoms. The van der Waals surface area contributed by atoms with Gasteiger partial charge >= 0.3 is 5.97 Å². The first-order valence-electron chi connectivity index (χ1n) is 8.97. The van der Waals surface area contributed by atoms with Crippen LogP contribution in [0.5, 0.6) is 0 Å². The average Bonchev–Trinajstić information content (AvgIpc) is 2.68. The predicted octanol–water partition coefficient (Wildman–Crippen LogP) is 4.13. The van der Waals surface area contributed by atoms with E-state index in [0.717, 1.165) is 17.7 Å². The quantitative estimate of drug-likeness (QED) is 0.349. The highest BCUT2D eigenvalue weighted by Crippen LogP contribution is 2.22. The van der Waals surface area contributed by atoms with Crippen molar-refractivity contribution in [1.82, 2.24) is 9.55 Å². The Hall–Kier alpha value is -2.60. The van der Waals surface area contributed by atoms with Crippen LogP contribution in [-0.2, 0) is 9.53 Å². The molecule has 0 bridgehead atoms. The SMILES string of the molecule is CCCOC(=O)CCSc1nc2ccccc2c(=O)n1-c1ccc(C)cc1. The van der Waals surface area contributed by atoms with Crippen molar-refractivity contribution < 1.29 is 9.53 Å². The highest BCUT2D eigenvalue weighted by atomic mass is 32.2. The molecule has 0 N–H and O–H groups in total. The molecule has 3 aromatic rings. The molecule has 0 aliphatic heterocycles. The number of carbonyl (C=O) groups excluding carboxylic acids is 1. The standard InChI is InChI=1S/C21H22N2O3S/c1-3-13-26-19(24)12-14-27-21-22-18-7-5-4-6-17(18)20(25)23(21)16-10-8-15(2)9-11-16/h4-11H,3,12-14H2,1-2H3. The summed E-state index contributed by atoms with van der Waals surface area (Å²) in [6, 6.07) is 15.1. The zero-order valence-corrected chi connectivity index (χ0v) is 16.3. The Morgan fingerprint density at radius 2 is 1.89 bits per heavy atom. The molecule has 0 amide bonds. The van der Waals surface area contributed by atoms with Gasteiger partial charge in [0.15, 0.2) is 5.16 Å². The molecule has 0 saturated heterocycles. The summed E-state index contributed by atoms with van der Waals surface area (Å²) in [4.78, 5) is 29.5. The van der Waals surface area contributed by atoms with Gasteiger partial charge in [-0.05, 0) is 37.6 Å². The molecule has 1 heterocycles. The molecule has 0 fully saturated rings. The van der Waals surface area contributed by atoms with Crippen LogP contribution in [0.25, 0.3) is 16.6 Å². The number of hydrogen-bond donors (Lipinski definition) is 0. The summed E-state index contributed by atoms with van der Waals surface area (Å²) >= 11 is 1.39. The minimum absolute atomic E-state index is 0.111. The zero-order valence-electron chi connectivity index (χ0n) is 15.5. The Morgan fingerprint density at radius 3 is 2.63 bits per heavy atom. The Labute approximate surface area is 162 Å². The Morgan fingerprint density at radius 1 is 1.15 bits per heavy atom. The smallest absolute Gasteiger partial charge is 0.306 e. The largest absolute Gasteiger partial charge is 0.466 e. The van der Waals surface area contributed by atoms with Crippen molar-refractivity contribution in [2.75, 3.05) is 12.4 Å². The summed E-state index contributed by atoms with van der Waals surface area (Å²) in [5, 5.41) is 1.15. The number of benzene rings is 2. The van der Waals surface area contributed by atoms with E-state index in [2.05, 4.69) is 4.98 Å². The maximum absolute atomic E-state index is 13.1. The molecule has 0 atom stereocenters. The molecule has 0 spiro atoms. The van der Waals surface area contributed by atoms with E-state index in [1.54, 1.807) is 10.6 Å². The van der Waals surface area contributed by atoms with Gasteiger partial charge in [-0.25, -0.2) is 4.98 Å². The van der Waals surface area contributed by atoms with Crippen LogP contribution in [0.4, 0.5) is 0 Å². The number of aromatic nitrogens is 2. The van der Waals surface area contributed by atoms with Gasteiger partial charge in [0.2, 0.25) is 0 Å². The molecule has 5 nitrogen and oxygen atoms in total. The van der Waals surface area contributed by atoms with Crippen LogP contribution >= 0.6 is 11.8 Å². The lowest BCUT2D eigenvalue weighted by molar-refractivity contribution is -0.143. The molecule has 6 heteroatoms. The second-order valence-electron chi connectivity index (χ2n) is 6.21. The second-order valence-corrected chi connectivity index (χ2v) is 7.27. The molecule has 140 valence electrons. The lowest BCUT2D eigenvalue weighted by atomic mass is 10.2. The van der Waals surface area contributed by atoms with Gasteiger partial charge in [-0.2, -0.15) is 0 Å². The number of hydrogen-bond acceptors (Lipinski definition) is 5. The summed E-state index contributed by atoms with van der Waals surface area (Å²) in [6.07, 6.45) is 1.08. The summed E-state index contributed by atoms with van der Waals surface area (Å²) in [6.45, 7) is 4.40. The fourth-order valence-electron chi connectivity index (χ4n) is 2.64. The normalized spacial score (nSPS) is 10.9. The van der Waals surface area contributed by atoms with Crippen molar-refractivity contribution in [3.63, 3.8) is 0 Å². The maximum atomic E-state index is 13.1. The van der Waals surface area contributed by atoms with Gasteiger partial charge in [-0.1, -0.05) is 48.5 Å². The highest BCUT2D eigenvalue weighted by Gasteiger charge is 2.14. The first-order chi connectivity index (χ1) is 13.1. The minimum atomic E-state index is -0.227. The molecule has 0 saturated carbocycles. The summed E-state index contributed by atoms with van der Waals surface area (Å²) in [5.74, 6) is 0.272. The van der Waals surface area contributed by atoms with Crippen molar-refractivity contribution in [3.05, 3.63) is 64.4 Å². The number of ether oxygens (including phenoxy) is 1. The van der Waals surface area contributed by atoms with Crippen LogP contribution < -0.4 is 5.56 Å². The van der Waals surface area contributed by atoms with Crippen LogP contribution in [0.1, 0.15) is 25.3 Å². The number of esters is 1. The van der Waals surface area contributed by atoms with Crippen molar-refractivity contribution >= 4 is 28.6 Å². The van der Waals surface area contributed by atoms with Crippen molar-refractivity contribution in [2.45, 2.75) is 31.8 Å². The van der Waals surface area contributed by atoms with Crippen molar-refractivity contribution in [3.8, 4) is 5.69 Å². The van der Waals surface area contributed by atoms with E-state index in [-0.39, 0.29) is 17.9 Å². The van der Waals surface area contributed by atoms with Gasteiger partial charge in [0.1, 0.15) is 0 Å². The Kier molecular flexibility index (Phi) is 6.29. The molecule has 1 aromatic heterocycles. The van der Waals surface area contributed by atoms with Crippen LogP contribution in [-0.4, -0.2) is 27.9 Å². The minimum Gasteiger partial charge on any atom is -0.466 e. The van der Waals surface area contributed by atoms with Crippen LogP contribution in [0.3, 0.4) is 0 Å². The first kappa shape index (κ1) is 19.2.